The fourth-order valence-corrected chi connectivity index (χ4v) is 3.89. The minimum atomic E-state index is -0.0332. The third-order valence-corrected chi connectivity index (χ3v) is 5.79. The molecule has 1 saturated heterocycles. The zero-order valence-electron chi connectivity index (χ0n) is 18.1. The van der Waals surface area contributed by atoms with Crippen molar-refractivity contribution in [1.29, 1.82) is 0 Å². The summed E-state index contributed by atoms with van der Waals surface area (Å²) in [5.41, 5.74) is 5.54. The smallest absolute Gasteiger partial charge is 0.251 e. The zero-order valence-corrected chi connectivity index (χ0v) is 18.1. The summed E-state index contributed by atoms with van der Waals surface area (Å²) in [4.78, 5) is 21.6. The number of nitrogens with one attached hydrogen (secondary N) is 1. The third-order valence-electron chi connectivity index (χ3n) is 5.79. The van der Waals surface area contributed by atoms with Gasteiger partial charge in [-0.15, -0.1) is 0 Å². The van der Waals surface area contributed by atoms with Crippen LogP contribution in [0.4, 0.5) is 5.69 Å². The summed E-state index contributed by atoms with van der Waals surface area (Å²) in [6.45, 7) is 7.80. The predicted octanol–water partition coefficient (Wildman–Crippen LogP) is 3.68. The quantitative estimate of drug-likeness (QED) is 0.641. The topological polar surface area (TPSA) is 48.5 Å². The predicted molar refractivity (Wildman–Crippen MR) is 125 cm³/mol. The Labute approximate surface area is 184 Å². The van der Waals surface area contributed by atoms with Crippen molar-refractivity contribution in [1.82, 2.24) is 15.2 Å². The van der Waals surface area contributed by atoms with Gasteiger partial charge in [-0.2, -0.15) is 0 Å². The van der Waals surface area contributed by atoms with Crippen LogP contribution in [-0.2, 0) is 13.0 Å². The maximum atomic E-state index is 12.4. The molecule has 0 spiro atoms. The lowest BCUT2D eigenvalue weighted by Gasteiger charge is -2.36. The van der Waals surface area contributed by atoms with Gasteiger partial charge in [0.15, 0.2) is 0 Å². The Balaban J connectivity index is 1.22. The normalized spacial score (nSPS) is 14.4. The van der Waals surface area contributed by atoms with E-state index in [-0.39, 0.29) is 5.91 Å². The van der Waals surface area contributed by atoms with Gasteiger partial charge in [0.25, 0.3) is 5.91 Å². The zero-order chi connectivity index (χ0) is 21.5. The summed E-state index contributed by atoms with van der Waals surface area (Å²) < 4.78 is 0. The van der Waals surface area contributed by atoms with E-state index in [4.69, 9.17) is 0 Å². The molecule has 4 rings (SSSR count). The van der Waals surface area contributed by atoms with Gasteiger partial charge in [0.05, 0.1) is 0 Å². The van der Waals surface area contributed by atoms with Crippen LogP contribution in [0.5, 0.6) is 0 Å². The highest BCUT2D eigenvalue weighted by molar-refractivity contribution is 5.94. The van der Waals surface area contributed by atoms with Crippen molar-refractivity contribution in [2.45, 2.75) is 19.9 Å². The van der Waals surface area contributed by atoms with E-state index in [1.54, 1.807) is 6.20 Å². The molecule has 1 N–H and O–H groups in total. The molecule has 1 aliphatic rings. The van der Waals surface area contributed by atoms with Crippen molar-refractivity contribution < 1.29 is 4.79 Å². The second-order valence-electron chi connectivity index (χ2n) is 8.12. The van der Waals surface area contributed by atoms with Crippen LogP contribution >= 0.6 is 0 Å². The minimum Gasteiger partial charge on any atom is -0.369 e. The Morgan fingerprint density at radius 3 is 2.35 bits per heavy atom. The number of anilines is 1. The molecule has 5 heteroatoms. The molecule has 0 unspecified atom stereocenters. The third kappa shape index (κ3) is 5.92. The number of benzene rings is 2. The number of piperazine rings is 1. The molecule has 0 radical (unpaired) electrons. The van der Waals surface area contributed by atoms with Gasteiger partial charge in [-0.3, -0.25) is 14.7 Å². The molecule has 1 aliphatic heterocycles. The number of nitrogens with zero attached hydrogens (tertiary/aromatic N) is 3. The summed E-state index contributed by atoms with van der Waals surface area (Å²) in [7, 11) is 0. The van der Waals surface area contributed by atoms with Gasteiger partial charge in [0.2, 0.25) is 0 Å². The van der Waals surface area contributed by atoms with E-state index >= 15 is 0 Å². The highest BCUT2D eigenvalue weighted by Gasteiger charge is 2.17. The SMILES string of the molecule is Cc1ccc(N2CCN(Cc3ccc(C(=O)NCCc4ccccn4)cc3)CC2)cc1. The van der Waals surface area contributed by atoms with Gasteiger partial charge in [0.1, 0.15) is 0 Å². The summed E-state index contributed by atoms with van der Waals surface area (Å²) in [5.74, 6) is -0.0332. The molecule has 160 valence electrons. The molecule has 2 heterocycles. The number of carbonyl (C=O) groups is 1. The first-order valence-electron chi connectivity index (χ1n) is 11.0. The van der Waals surface area contributed by atoms with Crippen molar-refractivity contribution in [3.8, 4) is 0 Å². The monoisotopic (exact) mass is 414 g/mol. The minimum absolute atomic E-state index is 0.0332. The van der Waals surface area contributed by atoms with E-state index in [2.05, 4.69) is 63.4 Å². The van der Waals surface area contributed by atoms with Gasteiger partial charge < -0.3 is 10.2 Å². The number of rotatable bonds is 7. The van der Waals surface area contributed by atoms with Crippen LogP contribution in [0.25, 0.3) is 0 Å². The van der Waals surface area contributed by atoms with Crippen molar-refractivity contribution in [2.24, 2.45) is 0 Å². The average Bonchev–Trinajstić information content (AvgIpc) is 2.81. The van der Waals surface area contributed by atoms with Crippen molar-refractivity contribution in [3.05, 3.63) is 95.3 Å². The fourth-order valence-electron chi connectivity index (χ4n) is 3.89. The van der Waals surface area contributed by atoms with E-state index in [0.29, 0.717) is 12.1 Å². The number of aryl methyl sites for hydroxylation is 1. The van der Waals surface area contributed by atoms with Gasteiger partial charge >= 0.3 is 0 Å². The van der Waals surface area contributed by atoms with Crippen molar-refractivity contribution in [2.75, 3.05) is 37.6 Å². The van der Waals surface area contributed by atoms with Gasteiger partial charge in [0, 0.05) is 68.8 Å². The summed E-state index contributed by atoms with van der Waals surface area (Å²) in [6.07, 6.45) is 2.51. The Morgan fingerprint density at radius 2 is 1.68 bits per heavy atom. The summed E-state index contributed by atoms with van der Waals surface area (Å²) >= 11 is 0. The van der Waals surface area contributed by atoms with E-state index in [1.807, 2.05) is 30.3 Å². The maximum Gasteiger partial charge on any atom is 0.251 e. The largest absolute Gasteiger partial charge is 0.369 e. The van der Waals surface area contributed by atoms with Crippen LogP contribution in [0.15, 0.2) is 72.9 Å². The molecule has 3 aromatic rings. The molecular weight excluding hydrogens is 384 g/mol. The van der Waals surface area contributed by atoms with Crippen LogP contribution in [0, 0.1) is 6.92 Å². The molecule has 5 nitrogen and oxygen atoms in total. The van der Waals surface area contributed by atoms with Crippen molar-refractivity contribution in [3.63, 3.8) is 0 Å². The first-order valence-corrected chi connectivity index (χ1v) is 11.0. The van der Waals surface area contributed by atoms with Crippen molar-refractivity contribution >= 4 is 11.6 Å². The lowest BCUT2D eigenvalue weighted by molar-refractivity contribution is 0.0954. The van der Waals surface area contributed by atoms with E-state index < -0.39 is 0 Å². The second-order valence-corrected chi connectivity index (χ2v) is 8.12. The van der Waals surface area contributed by atoms with Gasteiger partial charge in [-0.25, -0.2) is 0 Å². The average molecular weight is 415 g/mol. The van der Waals surface area contributed by atoms with E-state index in [0.717, 1.165) is 44.8 Å². The van der Waals surface area contributed by atoms with E-state index in [9.17, 15) is 4.79 Å². The Hall–Kier alpha value is -3.18. The number of carbonyl (C=O) groups excluding carboxylic acids is 1. The lowest BCUT2D eigenvalue weighted by Crippen LogP contribution is -2.45. The fraction of sp³-hybridized carbons (Fsp3) is 0.308. The van der Waals surface area contributed by atoms with Crippen LogP contribution < -0.4 is 10.2 Å². The van der Waals surface area contributed by atoms with E-state index in [1.165, 1.54) is 16.8 Å². The first-order chi connectivity index (χ1) is 15.2. The Kier molecular flexibility index (Phi) is 6.95. The van der Waals surface area contributed by atoms with Crippen LogP contribution in [-0.4, -0.2) is 48.5 Å². The number of hydrogen-bond acceptors (Lipinski definition) is 4. The maximum absolute atomic E-state index is 12.4. The molecule has 0 bridgehead atoms. The molecule has 1 fully saturated rings. The van der Waals surface area contributed by atoms with Crippen LogP contribution in [0.2, 0.25) is 0 Å². The number of pyridine rings is 1. The molecule has 31 heavy (non-hydrogen) atoms. The molecule has 1 amide bonds. The van der Waals surface area contributed by atoms with Gasteiger partial charge in [-0.05, 0) is 48.9 Å². The molecule has 0 saturated carbocycles. The molecule has 0 aliphatic carbocycles. The standard InChI is InChI=1S/C26H30N4O/c1-21-5-11-25(12-6-21)30-18-16-29(17-19-30)20-22-7-9-23(10-8-22)26(31)28-15-13-24-4-2-3-14-27-24/h2-12,14H,13,15-20H2,1H3,(H,28,31). The highest BCUT2D eigenvalue weighted by atomic mass is 16.1. The molecular formula is C26H30N4O. The van der Waals surface area contributed by atoms with Gasteiger partial charge in [-0.1, -0.05) is 35.9 Å². The van der Waals surface area contributed by atoms with Crippen LogP contribution in [0.1, 0.15) is 27.2 Å². The summed E-state index contributed by atoms with van der Waals surface area (Å²) in [5, 5.41) is 2.98. The Bertz CT molecular complexity index is 963. The number of hydrogen-bond donors (Lipinski definition) is 1. The second kappa shape index (κ2) is 10.2. The summed E-state index contributed by atoms with van der Waals surface area (Å²) in [6, 6.07) is 22.6. The highest BCUT2D eigenvalue weighted by Crippen LogP contribution is 2.18. The molecule has 2 aromatic carbocycles. The van der Waals surface area contributed by atoms with Crippen LogP contribution in [0.3, 0.4) is 0 Å². The lowest BCUT2D eigenvalue weighted by atomic mass is 10.1. The number of amides is 1. The number of aromatic nitrogens is 1. The molecule has 1 aromatic heterocycles. The Morgan fingerprint density at radius 1 is 0.935 bits per heavy atom. The molecule has 0 atom stereocenters. The first kappa shape index (κ1) is 21.1.